The van der Waals surface area contributed by atoms with E-state index in [-0.39, 0.29) is 35.7 Å². The SMILES string of the molecule is Cc1cc(OC[C@@H](C)CC2CCN(CC(=O)Nc3ccc4c([C@H]5CCC(=O)NC5=O)nn(C)c4c3)CC2)ccc1-c1ccc(N2CCc3cccc(C(=O)Nc4nc5ccccc5s4)c3C2)nc1C(=O)O. The lowest BCUT2D eigenvalue weighted by Crippen LogP contribution is -2.39. The molecule has 6 heterocycles. The molecule has 3 aliphatic rings. The first kappa shape index (κ1) is 47.2. The lowest BCUT2D eigenvalue weighted by molar-refractivity contribution is -0.134. The van der Waals surface area contributed by atoms with Crippen LogP contribution in [0.3, 0.4) is 0 Å². The quantitative estimate of drug-likeness (QED) is 0.0761. The number of aryl methyl sites for hydroxylation is 2. The Balaban J connectivity index is 0.703. The molecule has 16 nitrogen and oxygen atoms in total. The van der Waals surface area contributed by atoms with Gasteiger partial charge >= 0.3 is 5.97 Å². The minimum atomic E-state index is -1.12. The third-order valence-corrected chi connectivity index (χ3v) is 15.0. The standard InChI is InChI=1S/C54H55N9O7S/c1-31(25-33-19-22-62(23-20-33)29-48(65)55-35-11-13-40-44(27-35)61(3)60-49(40)41-16-18-47(64)58-52(41)67)30-70-36-12-14-37(32(2)26-36)38-15-17-46(57-50(38)53(68)69)63-24-21-34-7-6-8-39(42(34)28-63)51(66)59-54-56-43-9-4-5-10-45(43)71-54/h4-15,17,26-27,31,33,41H,16,18-25,28-30H2,1-3H3,(H,55,65)(H,68,69)(H,56,59,66)(H,58,64,67)/t31-,41+/m0/s1. The Morgan fingerprint density at radius 1 is 0.901 bits per heavy atom. The smallest absolute Gasteiger partial charge is 0.355 e. The highest BCUT2D eigenvalue weighted by Gasteiger charge is 2.32. The Kier molecular flexibility index (Phi) is 13.3. The van der Waals surface area contributed by atoms with Crippen LogP contribution in [0.15, 0.2) is 91.0 Å². The number of ether oxygens (including phenoxy) is 1. The second kappa shape index (κ2) is 20.1. The summed E-state index contributed by atoms with van der Waals surface area (Å²) in [5.74, 6) is -0.475. The summed E-state index contributed by atoms with van der Waals surface area (Å²) in [5, 5.41) is 24.8. The molecule has 0 radical (unpaired) electrons. The van der Waals surface area contributed by atoms with Gasteiger partial charge in [-0.1, -0.05) is 48.6 Å². The monoisotopic (exact) mass is 973 g/mol. The number of aromatic carboxylic acids is 1. The van der Waals surface area contributed by atoms with Crippen molar-refractivity contribution in [2.75, 3.05) is 48.3 Å². The molecule has 4 aromatic carbocycles. The molecule has 0 unspecified atom stereocenters. The van der Waals surface area contributed by atoms with Gasteiger partial charge in [0.2, 0.25) is 17.7 Å². The van der Waals surface area contributed by atoms with Crippen molar-refractivity contribution in [2.24, 2.45) is 18.9 Å². The van der Waals surface area contributed by atoms with E-state index in [1.54, 1.807) is 11.7 Å². The molecule has 17 heteroatoms. The van der Waals surface area contributed by atoms with Crippen LogP contribution in [0.2, 0.25) is 0 Å². The third-order valence-electron chi connectivity index (χ3n) is 14.0. The maximum Gasteiger partial charge on any atom is 0.355 e. The summed E-state index contributed by atoms with van der Waals surface area (Å²) in [6.07, 6.45) is 4.35. The second-order valence-corrected chi connectivity index (χ2v) is 20.1. The fourth-order valence-electron chi connectivity index (χ4n) is 10.3. The first-order valence-corrected chi connectivity index (χ1v) is 25.0. The fourth-order valence-corrected chi connectivity index (χ4v) is 11.2. The third kappa shape index (κ3) is 10.2. The van der Waals surface area contributed by atoms with Crippen LogP contribution in [0, 0.1) is 18.8 Å². The van der Waals surface area contributed by atoms with Crippen molar-refractivity contribution in [1.82, 2.24) is 30.0 Å². The number of pyridine rings is 1. The molecule has 7 aromatic rings. The zero-order valence-electron chi connectivity index (χ0n) is 39.9. The fraction of sp³-hybridized carbons (Fsp3) is 0.333. The Morgan fingerprint density at radius 2 is 1.72 bits per heavy atom. The van der Waals surface area contributed by atoms with E-state index in [4.69, 9.17) is 9.72 Å². The second-order valence-electron chi connectivity index (χ2n) is 19.1. The van der Waals surface area contributed by atoms with Gasteiger partial charge in [0.25, 0.3) is 5.91 Å². The van der Waals surface area contributed by atoms with Gasteiger partial charge in [0, 0.05) is 48.8 Å². The first-order chi connectivity index (χ1) is 34.3. The van der Waals surface area contributed by atoms with Gasteiger partial charge < -0.3 is 20.1 Å². The van der Waals surface area contributed by atoms with E-state index >= 15 is 0 Å². The number of anilines is 3. The van der Waals surface area contributed by atoms with Gasteiger partial charge in [-0.05, 0) is 147 Å². The van der Waals surface area contributed by atoms with Crippen LogP contribution in [0.5, 0.6) is 5.75 Å². The number of nitrogens with zero attached hydrogens (tertiary/aromatic N) is 6. The summed E-state index contributed by atoms with van der Waals surface area (Å²) < 4.78 is 8.99. The first-order valence-electron chi connectivity index (χ1n) is 24.2. The number of rotatable bonds is 14. The van der Waals surface area contributed by atoms with E-state index in [1.807, 2.05) is 103 Å². The predicted octanol–water partition coefficient (Wildman–Crippen LogP) is 8.34. The van der Waals surface area contributed by atoms with Crippen LogP contribution in [0.1, 0.15) is 88.2 Å². The van der Waals surface area contributed by atoms with Crippen molar-refractivity contribution < 1.29 is 33.8 Å². The number of carbonyl (C=O) groups excluding carboxylic acids is 4. The minimum Gasteiger partial charge on any atom is -0.493 e. The molecule has 3 aliphatic heterocycles. The van der Waals surface area contributed by atoms with Crippen molar-refractivity contribution >= 4 is 78.7 Å². The van der Waals surface area contributed by atoms with Gasteiger partial charge in [0.15, 0.2) is 10.8 Å². The van der Waals surface area contributed by atoms with Crippen molar-refractivity contribution in [3.63, 3.8) is 0 Å². The number of aromatic nitrogens is 4. The Hall–Kier alpha value is -7.50. The van der Waals surface area contributed by atoms with Crippen LogP contribution in [-0.2, 0) is 34.4 Å². The molecular formula is C54H55N9O7S. The van der Waals surface area contributed by atoms with Crippen molar-refractivity contribution in [2.45, 2.75) is 64.8 Å². The number of piperidine rings is 2. The number of hydrogen-bond donors (Lipinski definition) is 4. The Morgan fingerprint density at radius 3 is 2.51 bits per heavy atom. The number of hydrogen-bond acceptors (Lipinski definition) is 12. The number of fused-ring (bicyclic) bond motifs is 3. The largest absolute Gasteiger partial charge is 0.493 e. The van der Waals surface area contributed by atoms with Gasteiger partial charge in [-0.3, -0.25) is 39.4 Å². The van der Waals surface area contributed by atoms with Crippen molar-refractivity contribution in [3.8, 4) is 16.9 Å². The summed E-state index contributed by atoms with van der Waals surface area (Å²) in [4.78, 5) is 77.2. The molecule has 2 atom stereocenters. The van der Waals surface area contributed by atoms with Gasteiger partial charge in [-0.25, -0.2) is 14.8 Å². The van der Waals surface area contributed by atoms with Crippen LogP contribution in [0.25, 0.3) is 32.2 Å². The highest BCUT2D eigenvalue weighted by atomic mass is 32.1. The van der Waals surface area contributed by atoms with Crippen LogP contribution in [-0.4, -0.2) is 92.1 Å². The van der Waals surface area contributed by atoms with Gasteiger partial charge in [0.1, 0.15) is 11.6 Å². The number of amides is 4. The number of likely N-dealkylation sites (tertiary alicyclic amines) is 1. The molecular weight excluding hydrogens is 919 g/mol. The average molecular weight is 974 g/mol. The predicted molar refractivity (Wildman–Crippen MR) is 273 cm³/mol. The summed E-state index contributed by atoms with van der Waals surface area (Å²) in [6, 6.07) is 28.5. The number of benzene rings is 4. The maximum absolute atomic E-state index is 13.6. The van der Waals surface area contributed by atoms with Gasteiger partial charge in [-0.15, -0.1) is 0 Å². The topological polar surface area (TPSA) is 201 Å². The van der Waals surface area contributed by atoms with Crippen LogP contribution < -0.4 is 25.6 Å². The number of carbonyl (C=O) groups is 5. The molecule has 4 N–H and O–H groups in total. The summed E-state index contributed by atoms with van der Waals surface area (Å²) in [6.45, 7) is 7.65. The Bertz CT molecular complexity index is 3200. The zero-order chi connectivity index (χ0) is 49.3. The normalized spacial score (nSPS) is 16.9. The molecule has 364 valence electrons. The van der Waals surface area contributed by atoms with Crippen LogP contribution >= 0.6 is 11.3 Å². The number of para-hydroxylation sites is 1. The van der Waals surface area contributed by atoms with Crippen molar-refractivity contribution in [3.05, 3.63) is 125 Å². The molecule has 0 saturated carbocycles. The lowest BCUT2D eigenvalue weighted by Gasteiger charge is -2.32. The summed E-state index contributed by atoms with van der Waals surface area (Å²) in [7, 11) is 1.81. The molecule has 4 amide bonds. The van der Waals surface area contributed by atoms with Crippen LogP contribution in [0.4, 0.5) is 16.6 Å². The Labute approximate surface area is 414 Å². The molecule has 2 saturated heterocycles. The number of carboxylic acids is 1. The van der Waals surface area contributed by atoms with Gasteiger partial charge in [-0.2, -0.15) is 5.10 Å². The minimum absolute atomic E-state index is 0.0432. The van der Waals surface area contributed by atoms with E-state index in [0.29, 0.717) is 90.1 Å². The molecule has 0 bridgehead atoms. The molecule has 71 heavy (non-hydrogen) atoms. The number of nitrogens with one attached hydrogen (secondary N) is 3. The van der Waals surface area contributed by atoms with E-state index < -0.39 is 11.9 Å². The molecule has 0 aliphatic carbocycles. The highest BCUT2D eigenvalue weighted by Crippen LogP contribution is 2.35. The lowest BCUT2D eigenvalue weighted by atomic mass is 9.88. The molecule has 3 aromatic heterocycles. The summed E-state index contributed by atoms with van der Waals surface area (Å²) >= 11 is 1.43. The zero-order valence-corrected chi connectivity index (χ0v) is 40.7. The number of imide groups is 1. The summed E-state index contributed by atoms with van der Waals surface area (Å²) in [5.41, 5.74) is 7.54. The molecule has 0 spiro atoms. The number of carboxylic acid groups (broad SMARTS) is 1. The average Bonchev–Trinajstić information content (AvgIpc) is 3.92. The highest BCUT2D eigenvalue weighted by molar-refractivity contribution is 7.22. The van der Waals surface area contributed by atoms with E-state index in [0.717, 1.165) is 75.7 Å². The maximum atomic E-state index is 13.6. The molecule has 10 rings (SSSR count). The van der Waals surface area contributed by atoms with Crippen molar-refractivity contribution in [1.29, 1.82) is 0 Å². The van der Waals surface area contributed by atoms with E-state index in [1.165, 1.54) is 11.3 Å². The molecule has 2 fully saturated rings. The van der Waals surface area contributed by atoms with Gasteiger partial charge in [0.05, 0.1) is 40.5 Å². The van der Waals surface area contributed by atoms with E-state index in [9.17, 15) is 29.1 Å². The number of thiazole rings is 1. The van der Waals surface area contributed by atoms with E-state index in [2.05, 4.69) is 37.9 Å².